The van der Waals surface area contributed by atoms with Crippen LogP contribution in [0, 0.1) is 6.92 Å². The molecule has 8 heteroatoms. The molecule has 0 radical (unpaired) electrons. The van der Waals surface area contributed by atoms with Gasteiger partial charge >= 0.3 is 11.9 Å². The van der Waals surface area contributed by atoms with Gasteiger partial charge in [0.05, 0.1) is 19.8 Å². The number of amides is 1. The van der Waals surface area contributed by atoms with Crippen LogP contribution in [0.3, 0.4) is 0 Å². The van der Waals surface area contributed by atoms with E-state index in [2.05, 4.69) is 5.32 Å². The lowest BCUT2D eigenvalue weighted by Gasteiger charge is -2.06. The summed E-state index contributed by atoms with van der Waals surface area (Å²) in [6.07, 6.45) is 2.98. The number of esters is 2. The highest BCUT2D eigenvalue weighted by atomic mass is 32.1. The Morgan fingerprint density at radius 1 is 0.939 bits per heavy atom. The van der Waals surface area contributed by atoms with Crippen LogP contribution in [-0.4, -0.2) is 32.1 Å². The maximum atomic E-state index is 12.5. The number of nitrogens with one attached hydrogen (secondary N) is 1. The Labute approximate surface area is 195 Å². The highest BCUT2D eigenvalue weighted by Crippen LogP contribution is 2.34. The Balaban J connectivity index is 1.66. The fourth-order valence-corrected chi connectivity index (χ4v) is 4.09. The van der Waals surface area contributed by atoms with Crippen molar-refractivity contribution in [1.82, 2.24) is 0 Å². The molecule has 1 N–H and O–H groups in total. The number of thiophene rings is 1. The van der Waals surface area contributed by atoms with Crippen LogP contribution in [0.25, 0.3) is 6.08 Å². The van der Waals surface area contributed by atoms with Crippen molar-refractivity contribution in [2.45, 2.75) is 13.5 Å². The second-order valence-corrected chi connectivity index (χ2v) is 7.93. The first-order valence-corrected chi connectivity index (χ1v) is 10.8. The number of hydrogen-bond acceptors (Lipinski definition) is 7. The summed E-state index contributed by atoms with van der Waals surface area (Å²) in [5.74, 6) is -0.979. The van der Waals surface area contributed by atoms with Crippen LogP contribution in [0.2, 0.25) is 0 Å². The largest absolute Gasteiger partial charge is 0.489 e. The summed E-state index contributed by atoms with van der Waals surface area (Å²) in [5.41, 5.74) is 2.39. The topological polar surface area (TPSA) is 90.9 Å². The molecule has 1 aromatic heterocycles. The lowest BCUT2D eigenvalue weighted by molar-refractivity contribution is -0.111. The first-order valence-electron chi connectivity index (χ1n) is 9.98. The number of anilines is 1. The quantitative estimate of drug-likeness (QED) is 0.377. The number of carbonyl (C=O) groups is 3. The summed E-state index contributed by atoms with van der Waals surface area (Å²) in [7, 11) is 2.48. The fraction of sp³-hybridized carbons (Fsp3) is 0.160. The van der Waals surface area contributed by atoms with E-state index in [0.29, 0.717) is 17.9 Å². The van der Waals surface area contributed by atoms with Crippen LogP contribution >= 0.6 is 11.3 Å². The molecule has 33 heavy (non-hydrogen) atoms. The van der Waals surface area contributed by atoms with Gasteiger partial charge in [-0.25, -0.2) is 9.59 Å². The van der Waals surface area contributed by atoms with Gasteiger partial charge in [0.2, 0.25) is 5.91 Å². The molecule has 0 aliphatic carbocycles. The SMILES string of the molecule is COC(=O)c1sc(NC(=O)/C=C/c2ccc(OCc3ccccc3)cc2)c(C(=O)OC)c1C. The molecule has 1 amide bonds. The monoisotopic (exact) mass is 465 g/mol. The van der Waals surface area contributed by atoms with Crippen LogP contribution in [0.5, 0.6) is 5.75 Å². The summed E-state index contributed by atoms with van der Waals surface area (Å²) in [6.45, 7) is 2.07. The standard InChI is InChI=1S/C25H23NO6S/c1-16-21(24(28)30-2)23(33-22(16)25(29)31-3)26-20(27)14-11-17-9-12-19(13-10-17)32-15-18-7-5-4-6-8-18/h4-14H,15H2,1-3H3,(H,26,27)/b14-11+. The van der Waals surface area contributed by atoms with E-state index >= 15 is 0 Å². The summed E-state index contributed by atoms with van der Waals surface area (Å²) >= 11 is 0.960. The van der Waals surface area contributed by atoms with E-state index in [1.54, 1.807) is 13.0 Å². The van der Waals surface area contributed by atoms with E-state index in [4.69, 9.17) is 14.2 Å². The number of carbonyl (C=O) groups excluding carboxylic acids is 3. The molecule has 0 aliphatic heterocycles. The molecule has 0 aliphatic rings. The molecular weight excluding hydrogens is 442 g/mol. The van der Waals surface area contributed by atoms with Gasteiger partial charge in [-0.1, -0.05) is 42.5 Å². The normalized spacial score (nSPS) is 10.6. The average molecular weight is 466 g/mol. The molecule has 0 unspecified atom stereocenters. The predicted molar refractivity (Wildman–Crippen MR) is 127 cm³/mol. The fourth-order valence-electron chi connectivity index (χ4n) is 2.98. The van der Waals surface area contributed by atoms with Gasteiger partial charge in [-0.3, -0.25) is 4.79 Å². The molecule has 0 atom stereocenters. The predicted octanol–water partition coefficient (Wildman–Crippen LogP) is 4.86. The van der Waals surface area contributed by atoms with Crippen molar-refractivity contribution in [3.05, 3.63) is 87.8 Å². The summed E-state index contributed by atoms with van der Waals surface area (Å²) in [5, 5.41) is 2.87. The molecule has 7 nitrogen and oxygen atoms in total. The lowest BCUT2D eigenvalue weighted by Crippen LogP contribution is -2.11. The number of benzene rings is 2. The molecule has 0 fully saturated rings. The van der Waals surface area contributed by atoms with Crippen molar-refractivity contribution in [1.29, 1.82) is 0 Å². The van der Waals surface area contributed by atoms with Crippen LogP contribution in [0.1, 0.15) is 36.7 Å². The maximum absolute atomic E-state index is 12.5. The third-order valence-corrected chi connectivity index (χ3v) is 5.89. The third kappa shape index (κ3) is 6.08. The Morgan fingerprint density at radius 3 is 2.24 bits per heavy atom. The Kier molecular flexibility index (Phi) is 7.99. The van der Waals surface area contributed by atoms with E-state index in [9.17, 15) is 14.4 Å². The zero-order valence-corrected chi connectivity index (χ0v) is 19.2. The number of hydrogen-bond donors (Lipinski definition) is 1. The van der Waals surface area contributed by atoms with Crippen LogP contribution in [0.15, 0.2) is 60.7 Å². The smallest absolute Gasteiger partial charge is 0.348 e. The van der Waals surface area contributed by atoms with Gasteiger partial charge in [-0.15, -0.1) is 11.3 Å². The lowest BCUT2D eigenvalue weighted by atomic mass is 10.1. The van der Waals surface area contributed by atoms with Gasteiger partial charge in [-0.05, 0) is 41.8 Å². The number of ether oxygens (including phenoxy) is 3. The van der Waals surface area contributed by atoms with Gasteiger partial charge in [0.25, 0.3) is 0 Å². The first kappa shape index (κ1) is 23.7. The molecule has 3 rings (SSSR count). The highest BCUT2D eigenvalue weighted by molar-refractivity contribution is 7.18. The second-order valence-electron chi connectivity index (χ2n) is 6.91. The molecule has 2 aromatic carbocycles. The zero-order valence-electron chi connectivity index (χ0n) is 18.4. The van der Waals surface area contributed by atoms with Gasteiger partial charge < -0.3 is 19.5 Å². The first-order chi connectivity index (χ1) is 15.9. The minimum atomic E-state index is -0.649. The molecule has 1 heterocycles. The molecule has 0 saturated carbocycles. The second kappa shape index (κ2) is 11.1. The molecule has 3 aromatic rings. The van der Waals surface area contributed by atoms with Gasteiger partial charge in [-0.2, -0.15) is 0 Å². The minimum Gasteiger partial charge on any atom is -0.489 e. The summed E-state index contributed by atoms with van der Waals surface area (Å²) < 4.78 is 15.3. The van der Waals surface area contributed by atoms with Crippen LogP contribution in [-0.2, 0) is 20.9 Å². The van der Waals surface area contributed by atoms with Crippen LogP contribution in [0.4, 0.5) is 5.00 Å². The van der Waals surface area contributed by atoms with E-state index in [1.165, 1.54) is 20.3 Å². The van der Waals surface area contributed by atoms with E-state index < -0.39 is 17.8 Å². The third-order valence-electron chi connectivity index (χ3n) is 4.70. The summed E-state index contributed by atoms with van der Waals surface area (Å²) in [6, 6.07) is 17.1. The minimum absolute atomic E-state index is 0.129. The van der Waals surface area contributed by atoms with E-state index in [-0.39, 0.29) is 15.4 Å². The zero-order chi connectivity index (χ0) is 23.8. The van der Waals surface area contributed by atoms with Gasteiger partial charge in [0, 0.05) is 6.08 Å². The number of methoxy groups -OCH3 is 2. The van der Waals surface area contributed by atoms with Crippen molar-refractivity contribution < 1.29 is 28.6 Å². The van der Waals surface area contributed by atoms with Crippen molar-refractivity contribution >= 4 is 40.3 Å². The van der Waals surface area contributed by atoms with Gasteiger partial charge in [0.15, 0.2) is 0 Å². The Hall–Kier alpha value is -3.91. The molecule has 0 saturated heterocycles. The van der Waals surface area contributed by atoms with E-state index in [0.717, 1.165) is 22.5 Å². The Morgan fingerprint density at radius 2 is 1.61 bits per heavy atom. The Bertz CT molecular complexity index is 1170. The van der Waals surface area contributed by atoms with Crippen molar-refractivity contribution in [2.24, 2.45) is 0 Å². The molecular formula is C25H23NO6S. The maximum Gasteiger partial charge on any atom is 0.348 e. The van der Waals surface area contributed by atoms with Crippen LogP contribution < -0.4 is 10.1 Å². The summed E-state index contributed by atoms with van der Waals surface area (Å²) in [4.78, 5) is 36.8. The van der Waals surface area contributed by atoms with Crippen molar-refractivity contribution in [3.8, 4) is 5.75 Å². The van der Waals surface area contributed by atoms with E-state index in [1.807, 2.05) is 54.6 Å². The molecule has 0 bridgehead atoms. The van der Waals surface area contributed by atoms with Crippen molar-refractivity contribution in [3.63, 3.8) is 0 Å². The average Bonchev–Trinajstić information content (AvgIpc) is 3.17. The molecule has 170 valence electrons. The highest BCUT2D eigenvalue weighted by Gasteiger charge is 2.26. The van der Waals surface area contributed by atoms with Gasteiger partial charge in [0.1, 0.15) is 22.2 Å². The number of rotatable bonds is 8. The van der Waals surface area contributed by atoms with Crippen molar-refractivity contribution in [2.75, 3.05) is 19.5 Å². The molecule has 0 spiro atoms.